The minimum absolute atomic E-state index is 0.750. The largest absolute Gasteiger partial charge is 0.369 e. The first-order valence-corrected chi connectivity index (χ1v) is 7.85. The number of rotatable bonds is 8. The molecule has 120 valence electrons. The molecule has 0 unspecified atom stereocenters. The highest BCUT2D eigenvalue weighted by Crippen LogP contribution is 2.20. The van der Waals surface area contributed by atoms with Crippen LogP contribution in [0.3, 0.4) is 0 Å². The van der Waals surface area contributed by atoms with Crippen LogP contribution in [0.15, 0.2) is 24.3 Å². The van der Waals surface area contributed by atoms with Crippen molar-refractivity contribution in [1.29, 1.82) is 0 Å². The van der Waals surface area contributed by atoms with E-state index in [0.29, 0.717) is 0 Å². The number of nitrogens with one attached hydrogen (secondary N) is 1. The smallest absolute Gasteiger partial charge is 0.145 e. The van der Waals surface area contributed by atoms with Crippen molar-refractivity contribution in [1.82, 2.24) is 19.8 Å². The zero-order valence-corrected chi connectivity index (χ0v) is 14.1. The summed E-state index contributed by atoms with van der Waals surface area (Å²) in [7, 11) is 8.29. The molecule has 22 heavy (non-hydrogen) atoms. The molecule has 0 spiro atoms. The van der Waals surface area contributed by atoms with E-state index in [0.717, 1.165) is 48.6 Å². The summed E-state index contributed by atoms with van der Waals surface area (Å²) in [5.74, 6) is 1.81. The predicted octanol–water partition coefficient (Wildman–Crippen LogP) is 2.45. The van der Waals surface area contributed by atoms with Crippen molar-refractivity contribution in [2.45, 2.75) is 19.4 Å². The summed E-state index contributed by atoms with van der Waals surface area (Å²) in [4.78, 5) is 13.6. The van der Waals surface area contributed by atoms with Gasteiger partial charge in [-0.2, -0.15) is 0 Å². The Morgan fingerprint density at radius 3 is 2.45 bits per heavy atom. The average molecular weight is 301 g/mol. The fourth-order valence-electron chi connectivity index (χ4n) is 2.37. The van der Waals surface area contributed by atoms with Crippen molar-refractivity contribution >= 4 is 16.7 Å². The molecule has 0 bridgehead atoms. The highest BCUT2D eigenvalue weighted by molar-refractivity contribution is 5.88. The first-order chi connectivity index (χ1) is 10.6. The van der Waals surface area contributed by atoms with Crippen LogP contribution in [0.25, 0.3) is 10.9 Å². The number of aromatic nitrogens is 2. The summed E-state index contributed by atoms with van der Waals surface area (Å²) >= 11 is 0. The van der Waals surface area contributed by atoms with Gasteiger partial charge in [0.25, 0.3) is 0 Å². The highest BCUT2D eigenvalue weighted by Gasteiger charge is 2.07. The SMILES string of the molecule is CN(C)CCCCNc1nc(CN(C)C)nc2ccccc12. The molecular weight excluding hydrogens is 274 g/mol. The van der Waals surface area contributed by atoms with Gasteiger partial charge in [-0.05, 0) is 59.7 Å². The van der Waals surface area contributed by atoms with E-state index in [4.69, 9.17) is 4.98 Å². The van der Waals surface area contributed by atoms with Crippen LogP contribution in [-0.4, -0.2) is 61.0 Å². The molecule has 2 aromatic rings. The third kappa shape index (κ3) is 4.93. The van der Waals surface area contributed by atoms with Gasteiger partial charge in [0, 0.05) is 11.9 Å². The standard InChI is InChI=1S/C17H27N5/c1-21(2)12-8-7-11-18-17-14-9-5-6-10-15(14)19-16(20-17)13-22(3)4/h5-6,9-10H,7-8,11-13H2,1-4H3,(H,18,19,20). The maximum absolute atomic E-state index is 4.70. The van der Waals surface area contributed by atoms with Crippen molar-refractivity contribution in [2.24, 2.45) is 0 Å². The number of hydrogen-bond donors (Lipinski definition) is 1. The molecule has 0 aliphatic rings. The number of hydrogen-bond acceptors (Lipinski definition) is 5. The molecule has 0 aliphatic carbocycles. The van der Waals surface area contributed by atoms with Gasteiger partial charge in [0.15, 0.2) is 0 Å². The van der Waals surface area contributed by atoms with Crippen LogP contribution >= 0.6 is 0 Å². The lowest BCUT2D eigenvalue weighted by molar-refractivity contribution is 0.391. The van der Waals surface area contributed by atoms with E-state index in [1.165, 1.54) is 6.42 Å². The van der Waals surface area contributed by atoms with E-state index in [2.05, 4.69) is 40.3 Å². The van der Waals surface area contributed by atoms with Gasteiger partial charge >= 0.3 is 0 Å². The van der Waals surface area contributed by atoms with Gasteiger partial charge in [0.2, 0.25) is 0 Å². The Bertz CT molecular complexity index is 595. The van der Waals surface area contributed by atoms with Gasteiger partial charge in [-0.1, -0.05) is 12.1 Å². The monoisotopic (exact) mass is 301 g/mol. The first-order valence-electron chi connectivity index (χ1n) is 7.85. The molecule has 1 aromatic heterocycles. The van der Waals surface area contributed by atoms with Gasteiger partial charge in [0.05, 0.1) is 12.1 Å². The summed E-state index contributed by atoms with van der Waals surface area (Å²) in [5.41, 5.74) is 1.00. The molecule has 2 rings (SSSR count). The Balaban J connectivity index is 2.09. The number of para-hydroxylation sites is 1. The van der Waals surface area contributed by atoms with Gasteiger partial charge in [-0.15, -0.1) is 0 Å². The third-order valence-electron chi connectivity index (χ3n) is 3.43. The summed E-state index contributed by atoms with van der Waals surface area (Å²) < 4.78 is 0. The second-order valence-corrected chi connectivity index (χ2v) is 6.18. The van der Waals surface area contributed by atoms with Crippen molar-refractivity contribution in [3.63, 3.8) is 0 Å². The van der Waals surface area contributed by atoms with E-state index in [9.17, 15) is 0 Å². The Kier molecular flexibility index (Phi) is 6.10. The van der Waals surface area contributed by atoms with Crippen LogP contribution in [0.1, 0.15) is 18.7 Å². The molecule has 5 heteroatoms. The molecule has 0 aliphatic heterocycles. The Hall–Kier alpha value is -1.72. The van der Waals surface area contributed by atoms with Gasteiger partial charge < -0.3 is 15.1 Å². The van der Waals surface area contributed by atoms with E-state index >= 15 is 0 Å². The Morgan fingerprint density at radius 2 is 1.73 bits per heavy atom. The summed E-state index contributed by atoms with van der Waals surface area (Å²) in [6.07, 6.45) is 2.33. The maximum Gasteiger partial charge on any atom is 0.145 e. The van der Waals surface area contributed by atoms with E-state index in [1.54, 1.807) is 0 Å². The Labute approximate surface area is 133 Å². The second-order valence-electron chi connectivity index (χ2n) is 6.18. The predicted molar refractivity (Wildman–Crippen MR) is 93.2 cm³/mol. The van der Waals surface area contributed by atoms with Crippen LogP contribution in [0.2, 0.25) is 0 Å². The van der Waals surface area contributed by atoms with Crippen LogP contribution < -0.4 is 5.32 Å². The van der Waals surface area contributed by atoms with E-state index in [-0.39, 0.29) is 0 Å². The Morgan fingerprint density at radius 1 is 0.955 bits per heavy atom. The zero-order chi connectivity index (χ0) is 15.9. The molecule has 5 nitrogen and oxygen atoms in total. The highest BCUT2D eigenvalue weighted by atomic mass is 15.1. The van der Waals surface area contributed by atoms with Crippen molar-refractivity contribution in [2.75, 3.05) is 46.6 Å². The van der Waals surface area contributed by atoms with Gasteiger partial charge in [-0.3, -0.25) is 0 Å². The quantitative estimate of drug-likeness (QED) is 0.759. The van der Waals surface area contributed by atoms with Crippen LogP contribution in [-0.2, 0) is 6.54 Å². The summed E-state index contributed by atoms with van der Waals surface area (Å²) in [6.45, 7) is 2.81. The molecule has 0 fully saturated rings. The molecule has 0 saturated carbocycles. The lowest BCUT2D eigenvalue weighted by atomic mass is 10.2. The summed E-state index contributed by atoms with van der Waals surface area (Å²) in [6, 6.07) is 8.19. The number of anilines is 1. The molecular formula is C17H27N5. The van der Waals surface area contributed by atoms with E-state index in [1.807, 2.05) is 32.3 Å². The summed E-state index contributed by atoms with van der Waals surface area (Å²) in [5, 5.41) is 4.58. The minimum Gasteiger partial charge on any atom is -0.369 e. The van der Waals surface area contributed by atoms with Crippen LogP contribution in [0, 0.1) is 0 Å². The number of unbranched alkanes of at least 4 members (excludes halogenated alkanes) is 1. The fourth-order valence-corrected chi connectivity index (χ4v) is 2.37. The lowest BCUT2D eigenvalue weighted by Gasteiger charge is -2.13. The van der Waals surface area contributed by atoms with Crippen LogP contribution in [0.4, 0.5) is 5.82 Å². The van der Waals surface area contributed by atoms with E-state index < -0.39 is 0 Å². The average Bonchev–Trinajstić information content (AvgIpc) is 2.45. The fraction of sp³-hybridized carbons (Fsp3) is 0.529. The number of benzene rings is 1. The molecule has 0 amide bonds. The second kappa shape index (κ2) is 8.06. The number of fused-ring (bicyclic) bond motifs is 1. The number of nitrogens with zero attached hydrogens (tertiary/aromatic N) is 4. The molecule has 1 heterocycles. The zero-order valence-electron chi connectivity index (χ0n) is 14.1. The molecule has 0 saturated heterocycles. The van der Waals surface area contributed by atoms with Crippen molar-refractivity contribution in [3.8, 4) is 0 Å². The molecule has 1 aromatic carbocycles. The van der Waals surface area contributed by atoms with Gasteiger partial charge in [0.1, 0.15) is 11.6 Å². The topological polar surface area (TPSA) is 44.3 Å². The van der Waals surface area contributed by atoms with Crippen LogP contribution in [0.5, 0.6) is 0 Å². The normalized spacial score (nSPS) is 11.5. The van der Waals surface area contributed by atoms with Gasteiger partial charge in [-0.25, -0.2) is 9.97 Å². The molecule has 1 N–H and O–H groups in total. The molecule has 0 radical (unpaired) electrons. The lowest BCUT2D eigenvalue weighted by Crippen LogP contribution is -2.16. The molecule has 0 atom stereocenters. The maximum atomic E-state index is 4.70. The first kappa shape index (κ1) is 16.6. The van der Waals surface area contributed by atoms with Crippen molar-refractivity contribution < 1.29 is 0 Å². The minimum atomic E-state index is 0.750. The third-order valence-corrected chi connectivity index (χ3v) is 3.43. The van der Waals surface area contributed by atoms with Crippen molar-refractivity contribution in [3.05, 3.63) is 30.1 Å².